The van der Waals surface area contributed by atoms with E-state index in [1.807, 2.05) is 18.2 Å². The van der Waals surface area contributed by atoms with E-state index in [0.717, 1.165) is 5.56 Å². The Labute approximate surface area is 152 Å². The number of benzene rings is 2. The van der Waals surface area contributed by atoms with Crippen LogP contribution in [-0.2, 0) is 0 Å². The first-order valence-corrected chi connectivity index (χ1v) is 7.73. The van der Waals surface area contributed by atoms with Crippen LogP contribution in [0.5, 0.6) is 23.0 Å². The zero-order chi connectivity index (χ0) is 19.1. The highest BCUT2D eigenvalue weighted by Gasteiger charge is 2.17. The van der Waals surface area contributed by atoms with Crippen molar-refractivity contribution in [1.82, 2.24) is 10.9 Å². The van der Waals surface area contributed by atoms with Gasteiger partial charge >= 0.3 is 0 Å². The van der Waals surface area contributed by atoms with Gasteiger partial charge in [-0.15, -0.1) is 0 Å². The molecule has 0 aromatic heterocycles. The zero-order valence-corrected chi connectivity index (χ0v) is 15.2. The maximum absolute atomic E-state index is 12.4. The minimum absolute atomic E-state index is 0.338. The number of hydrogen-bond donors (Lipinski definition) is 2. The van der Waals surface area contributed by atoms with Gasteiger partial charge < -0.3 is 18.9 Å². The normalized spacial score (nSPS) is 9.85. The predicted molar refractivity (Wildman–Crippen MR) is 98.7 cm³/mol. The molecule has 7 heteroatoms. The highest BCUT2D eigenvalue weighted by molar-refractivity contribution is 5.95. The van der Waals surface area contributed by atoms with E-state index in [2.05, 4.69) is 17.4 Å². The summed E-state index contributed by atoms with van der Waals surface area (Å²) < 4.78 is 20.9. The van der Waals surface area contributed by atoms with Crippen molar-refractivity contribution in [3.05, 3.63) is 54.1 Å². The fraction of sp³-hybridized carbons (Fsp3) is 0.211. The van der Waals surface area contributed by atoms with Gasteiger partial charge in [-0.1, -0.05) is 18.7 Å². The van der Waals surface area contributed by atoms with E-state index < -0.39 is 0 Å². The lowest BCUT2D eigenvalue weighted by molar-refractivity contribution is 0.0941. The van der Waals surface area contributed by atoms with Crippen LogP contribution in [-0.4, -0.2) is 34.3 Å². The average Bonchev–Trinajstić information content (AvgIpc) is 2.70. The number of rotatable bonds is 8. The molecule has 0 radical (unpaired) electrons. The van der Waals surface area contributed by atoms with Crippen LogP contribution >= 0.6 is 0 Å². The molecule has 0 atom stereocenters. The van der Waals surface area contributed by atoms with Gasteiger partial charge in [-0.05, 0) is 24.3 Å². The Kier molecular flexibility index (Phi) is 6.32. The van der Waals surface area contributed by atoms with Gasteiger partial charge in [-0.2, -0.15) is 0 Å². The van der Waals surface area contributed by atoms with E-state index in [1.54, 1.807) is 25.3 Å². The molecule has 0 saturated heterocycles. The molecular weight excluding hydrogens is 336 g/mol. The van der Waals surface area contributed by atoms with Crippen LogP contribution in [0.3, 0.4) is 0 Å². The van der Waals surface area contributed by atoms with Crippen LogP contribution in [0.2, 0.25) is 0 Å². The number of ether oxygens (including phenoxy) is 4. The van der Waals surface area contributed by atoms with Crippen molar-refractivity contribution in [2.45, 2.75) is 0 Å². The van der Waals surface area contributed by atoms with Gasteiger partial charge in [-0.25, -0.2) is 0 Å². The summed E-state index contributed by atoms with van der Waals surface area (Å²) in [6.07, 6.45) is 0. The van der Waals surface area contributed by atoms with Crippen molar-refractivity contribution in [3.63, 3.8) is 0 Å². The third kappa shape index (κ3) is 4.18. The SMILES string of the molecule is C=C(NNC(=O)c1cc(OC)c(OC)c(OC)c1)c1cccc(OC)c1. The van der Waals surface area contributed by atoms with E-state index in [4.69, 9.17) is 18.9 Å². The molecule has 0 aliphatic carbocycles. The van der Waals surface area contributed by atoms with E-state index in [0.29, 0.717) is 34.3 Å². The van der Waals surface area contributed by atoms with Crippen molar-refractivity contribution in [2.24, 2.45) is 0 Å². The summed E-state index contributed by atoms with van der Waals surface area (Å²) in [4.78, 5) is 12.4. The van der Waals surface area contributed by atoms with Crippen LogP contribution in [0.1, 0.15) is 15.9 Å². The molecule has 7 nitrogen and oxygen atoms in total. The fourth-order valence-electron chi connectivity index (χ4n) is 2.30. The minimum Gasteiger partial charge on any atom is -0.497 e. The molecule has 0 aliphatic rings. The van der Waals surface area contributed by atoms with Crippen LogP contribution in [0, 0.1) is 0 Å². The van der Waals surface area contributed by atoms with Crippen LogP contribution in [0.25, 0.3) is 5.70 Å². The Morgan fingerprint density at radius 3 is 2.04 bits per heavy atom. The Morgan fingerprint density at radius 2 is 1.50 bits per heavy atom. The molecule has 0 fully saturated rings. The first kappa shape index (κ1) is 19.0. The molecule has 2 aromatic carbocycles. The molecule has 0 bridgehead atoms. The number of methoxy groups -OCH3 is 4. The van der Waals surface area contributed by atoms with Gasteiger partial charge in [-0.3, -0.25) is 15.6 Å². The van der Waals surface area contributed by atoms with Gasteiger partial charge in [0.15, 0.2) is 11.5 Å². The van der Waals surface area contributed by atoms with E-state index in [-0.39, 0.29) is 5.91 Å². The summed E-state index contributed by atoms with van der Waals surface area (Å²) in [6.45, 7) is 3.91. The van der Waals surface area contributed by atoms with Crippen LogP contribution in [0.4, 0.5) is 0 Å². The van der Waals surface area contributed by atoms with E-state index in [9.17, 15) is 4.79 Å². The molecule has 0 spiro atoms. The Bertz CT molecular complexity index is 779. The first-order valence-electron chi connectivity index (χ1n) is 7.73. The second-order valence-electron chi connectivity index (χ2n) is 5.20. The summed E-state index contributed by atoms with van der Waals surface area (Å²) in [5, 5.41) is 0. The van der Waals surface area contributed by atoms with Gasteiger partial charge in [0.05, 0.1) is 34.1 Å². The smallest absolute Gasteiger partial charge is 0.269 e. The molecule has 2 N–H and O–H groups in total. The Balaban J connectivity index is 2.13. The summed E-state index contributed by atoms with van der Waals surface area (Å²) in [5.41, 5.74) is 7.03. The first-order chi connectivity index (χ1) is 12.5. The predicted octanol–water partition coefficient (Wildman–Crippen LogP) is 2.63. The topological polar surface area (TPSA) is 78.1 Å². The number of carbonyl (C=O) groups is 1. The number of carbonyl (C=O) groups excluding carboxylic acids is 1. The molecule has 2 rings (SSSR count). The third-order valence-corrected chi connectivity index (χ3v) is 3.67. The van der Waals surface area contributed by atoms with Crippen LogP contribution in [0.15, 0.2) is 43.0 Å². The third-order valence-electron chi connectivity index (χ3n) is 3.67. The molecule has 1 amide bonds. The summed E-state index contributed by atoms with van der Waals surface area (Å²) in [6, 6.07) is 10.4. The van der Waals surface area contributed by atoms with Gasteiger partial charge in [0.2, 0.25) is 5.75 Å². The second-order valence-corrected chi connectivity index (χ2v) is 5.20. The van der Waals surface area contributed by atoms with Crippen LogP contribution < -0.4 is 29.8 Å². The summed E-state index contributed by atoms with van der Waals surface area (Å²) in [5.74, 6) is 1.52. The quantitative estimate of drug-likeness (QED) is 0.707. The molecule has 2 aromatic rings. The van der Waals surface area contributed by atoms with Gasteiger partial charge in [0, 0.05) is 11.1 Å². The molecule has 0 heterocycles. The highest BCUT2D eigenvalue weighted by Crippen LogP contribution is 2.38. The van der Waals surface area contributed by atoms with E-state index >= 15 is 0 Å². The summed E-state index contributed by atoms with van der Waals surface area (Å²) >= 11 is 0. The maximum atomic E-state index is 12.4. The standard InChI is InChI=1S/C19H22N2O5/c1-12(13-7-6-8-15(9-13)23-2)20-21-19(22)14-10-16(24-3)18(26-5)17(11-14)25-4/h6-11,20H,1H2,2-5H3,(H,21,22). The van der Waals surface area contributed by atoms with Crippen molar-refractivity contribution in [2.75, 3.05) is 28.4 Å². The summed E-state index contributed by atoms with van der Waals surface area (Å²) in [7, 11) is 6.06. The van der Waals surface area contributed by atoms with Gasteiger partial charge in [0.1, 0.15) is 5.75 Å². The minimum atomic E-state index is -0.381. The fourth-order valence-corrected chi connectivity index (χ4v) is 2.30. The second kappa shape index (κ2) is 8.66. The number of hydrazine groups is 1. The average molecular weight is 358 g/mol. The molecule has 0 aliphatic heterocycles. The zero-order valence-electron chi connectivity index (χ0n) is 15.2. The van der Waals surface area contributed by atoms with Crippen molar-refractivity contribution in [1.29, 1.82) is 0 Å². The van der Waals surface area contributed by atoms with Crippen molar-refractivity contribution in [3.8, 4) is 23.0 Å². The molecular formula is C19H22N2O5. The molecule has 26 heavy (non-hydrogen) atoms. The molecule has 138 valence electrons. The lowest BCUT2D eigenvalue weighted by Gasteiger charge is -2.15. The van der Waals surface area contributed by atoms with Crippen molar-refractivity contribution < 1.29 is 23.7 Å². The van der Waals surface area contributed by atoms with Crippen molar-refractivity contribution >= 4 is 11.6 Å². The Hall–Kier alpha value is -3.35. The Morgan fingerprint density at radius 1 is 0.846 bits per heavy atom. The number of amides is 1. The lowest BCUT2D eigenvalue weighted by atomic mass is 10.1. The maximum Gasteiger partial charge on any atom is 0.269 e. The van der Waals surface area contributed by atoms with E-state index in [1.165, 1.54) is 21.3 Å². The number of hydrogen-bond acceptors (Lipinski definition) is 6. The lowest BCUT2D eigenvalue weighted by Crippen LogP contribution is -2.35. The molecule has 0 unspecified atom stereocenters. The monoisotopic (exact) mass is 358 g/mol. The van der Waals surface area contributed by atoms with Gasteiger partial charge in [0.25, 0.3) is 5.91 Å². The largest absolute Gasteiger partial charge is 0.497 e. The molecule has 0 saturated carbocycles. The number of nitrogens with one attached hydrogen (secondary N) is 2. The highest BCUT2D eigenvalue weighted by atomic mass is 16.5.